The molecule has 33 heavy (non-hydrogen) atoms. The van der Waals surface area contributed by atoms with Crippen LogP contribution in [0.15, 0.2) is 48.1 Å². The molecule has 0 radical (unpaired) electrons. The summed E-state index contributed by atoms with van der Waals surface area (Å²) in [6, 6.07) is 9.26. The Balaban J connectivity index is 1.66. The van der Waals surface area contributed by atoms with E-state index in [-0.39, 0.29) is 18.6 Å². The van der Waals surface area contributed by atoms with Crippen LogP contribution in [-0.4, -0.2) is 40.4 Å². The van der Waals surface area contributed by atoms with Crippen molar-refractivity contribution in [2.45, 2.75) is 26.8 Å². The molecule has 8 nitrogen and oxygen atoms in total. The zero-order chi connectivity index (χ0) is 23.5. The average molecular weight is 465 g/mol. The molecule has 1 aromatic carbocycles. The fraction of sp³-hybridized carbons (Fsp3) is 0.250. The number of pyridine rings is 1. The number of hydrogen-bond donors (Lipinski definition) is 1. The molecule has 3 heterocycles. The van der Waals surface area contributed by atoms with Gasteiger partial charge in [0.1, 0.15) is 16.3 Å². The number of amides is 1. The molecule has 0 saturated carbocycles. The van der Waals surface area contributed by atoms with Gasteiger partial charge in [0.2, 0.25) is 0 Å². The predicted octanol–water partition coefficient (Wildman–Crippen LogP) is 5.18. The van der Waals surface area contributed by atoms with Gasteiger partial charge in [-0.2, -0.15) is 5.10 Å². The summed E-state index contributed by atoms with van der Waals surface area (Å²) in [5, 5.41) is 10.2. The molecule has 170 valence electrons. The van der Waals surface area contributed by atoms with Crippen molar-refractivity contribution in [3.05, 3.63) is 59.2 Å². The number of fused-ring (bicyclic) bond motifs is 1. The molecule has 0 spiro atoms. The first-order valence-electron chi connectivity index (χ1n) is 10.5. The Morgan fingerprint density at radius 3 is 2.61 bits per heavy atom. The van der Waals surface area contributed by atoms with Gasteiger partial charge in [-0.15, -0.1) is 11.3 Å². The summed E-state index contributed by atoms with van der Waals surface area (Å²) < 4.78 is 12.3. The number of nitrogens with zero attached hydrogens (tertiary/aromatic N) is 3. The largest absolute Gasteiger partial charge is 0.497 e. The van der Waals surface area contributed by atoms with Gasteiger partial charge in [-0.05, 0) is 44.5 Å². The van der Waals surface area contributed by atoms with E-state index in [1.54, 1.807) is 31.0 Å². The Bertz CT molecular complexity index is 1310. The minimum atomic E-state index is -0.494. The molecule has 3 aromatic heterocycles. The maximum Gasteiger partial charge on any atom is 0.341 e. The average Bonchev–Trinajstić information content (AvgIpc) is 3.43. The van der Waals surface area contributed by atoms with E-state index in [0.717, 1.165) is 10.9 Å². The number of esters is 1. The number of carbonyl (C=O) groups excluding carboxylic acids is 2. The molecule has 4 rings (SSSR count). The second-order valence-corrected chi connectivity index (χ2v) is 8.46. The minimum Gasteiger partial charge on any atom is -0.497 e. The van der Waals surface area contributed by atoms with Gasteiger partial charge >= 0.3 is 5.97 Å². The Morgan fingerprint density at radius 2 is 1.94 bits per heavy atom. The minimum absolute atomic E-state index is 0.157. The number of nitrogens with one attached hydrogen (secondary N) is 1. The van der Waals surface area contributed by atoms with Gasteiger partial charge < -0.3 is 14.8 Å². The highest BCUT2D eigenvalue weighted by Gasteiger charge is 2.23. The first-order valence-corrected chi connectivity index (χ1v) is 11.4. The Morgan fingerprint density at radius 1 is 1.18 bits per heavy atom. The Hall–Kier alpha value is -3.72. The molecule has 0 aliphatic carbocycles. The summed E-state index contributed by atoms with van der Waals surface area (Å²) in [7, 11) is 1.59. The number of aromatic nitrogens is 3. The topological polar surface area (TPSA) is 95.3 Å². The van der Waals surface area contributed by atoms with E-state index in [1.807, 2.05) is 43.5 Å². The molecule has 1 amide bonds. The number of methoxy groups -OCH3 is 1. The van der Waals surface area contributed by atoms with Crippen LogP contribution < -0.4 is 10.1 Å². The molecule has 4 aromatic rings. The number of thiophene rings is 1. The molecular weight excluding hydrogens is 440 g/mol. The standard InChI is InChI=1S/C24H24N4O4S/c1-5-32-24(30)20-19(15-6-8-18(31-4)9-7-15)13-33-23(20)27-22(29)17-10-16-12-26-28(14(2)3)21(16)25-11-17/h6-14H,5H2,1-4H3,(H,27,29). The number of ether oxygens (including phenoxy) is 2. The number of hydrogen-bond acceptors (Lipinski definition) is 7. The SMILES string of the molecule is CCOC(=O)c1c(-c2ccc(OC)cc2)csc1NC(=O)c1cnc2c(cnn2C(C)C)c1. The van der Waals surface area contributed by atoms with Crippen LogP contribution in [0.2, 0.25) is 0 Å². The van der Waals surface area contributed by atoms with Crippen molar-refractivity contribution in [2.75, 3.05) is 19.0 Å². The van der Waals surface area contributed by atoms with Crippen LogP contribution in [0.5, 0.6) is 5.75 Å². The second-order valence-electron chi connectivity index (χ2n) is 7.58. The van der Waals surface area contributed by atoms with Gasteiger partial charge in [0.25, 0.3) is 5.91 Å². The van der Waals surface area contributed by atoms with Gasteiger partial charge in [0.15, 0.2) is 5.65 Å². The Kier molecular flexibility index (Phi) is 6.41. The fourth-order valence-electron chi connectivity index (χ4n) is 3.46. The smallest absolute Gasteiger partial charge is 0.341 e. The van der Waals surface area contributed by atoms with Gasteiger partial charge in [0, 0.05) is 28.6 Å². The predicted molar refractivity (Wildman–Crippen MR) is 128 cm³/mol. The summed E-state index contributed by atoms with van der Waals surface area (Å²) >= 11 is 1.27. The van der Waals surface area contributed by atoms with E-state index in [2.05, 4.69) is 15.4 Å². The molecule has 0 aliphatic rings. The summed E-state index contributed by atoms with van der Waals surface area (Å²) in [5.74, 6) is -0.147. The van der Waals surface area contributed by atoms with Crippen LogP contribution in [0.3, 0.4) is 0 Å². The summed E-state index contributed by atoms with van der Waals surface area (Å²) in [6.45, 7) is 6.00. The summed E-state index contributed by atoms with van der Waals surface area (Å²) in [5.41, 5.74) is 2.91. The highest BCUT2D eigenvalue weighted by Crippen LogP contribution is 2.37. The molecule has 9 heteroatoms. The van der Waals surface area contributed by atoms with Gasteiger partial charge in [-0.25, -0.2) is 14.5 Å². The van der Waals surface area contributed by atoms with Gasteiger partial charge in [0.05, 0.1) is 25.5 Å². The molecule has 0 bridgehead atoms. The quantitative estimate of drug-likeness (QED) is 0.379. The molecule has 1 N–H and O–H groups in total. The monoisotopic (exact) mass is 464 g/mol. The molecule has 0 aliphatic heterocycles. The zero-order valence-corrected chi connectivity index (χ0v) is 19.6. The van der Waals surface area contributed by atoms with Gasteiger partial charge in [-0.1, -0.05) is 12.1 Å². The van der Waals surface area contributed by atoms with E-state index in [0.29, 0.717) is 33.1 Å². The molecule has 0 atom stereocenters. The Labute approximate surface area is 195 Å². The summed E-state index contributed by atoms with van der Waals surface area (Å²) in [6.07, 6.45) is 3.20. The third-order valence-electron chi connectivity index (χ3n) is 5.08. The third-order valence-corrected chi connectivity index (χ3v) is 5.98. The number of carbonyl (C=O) groups is 2. The van der Waals surface area contributed by atoms with Crippen LogP contribution >= 0.6 is 11.3 Å². The fourth-order valence-corrected chi connectivity index (χ4v) is 4.41. The van der Waals surface area contributed by atoms with E-state index in [9.17, 15) is 9.59 Å². The van der Waals surface area contributed by atoms with Crippen LogP contribution in [0, 0.1) is 0 Å². The second kappa shape index (κ2) is 9.41. The highest BCUT2D eigenvalue weighted by atomic mass is 32.1. The lowest BCUT2D eigenvalue weighted by Crippen LogP contribution is -2.15. The lowest BCUT2D eigenvalue weighted by Gasteiger charge is -2.10. The maximum atomic E-state index is 13.0. The maximum absolute atomic E-state index is 13.0. The first kappa shape index (κ1) is 22.5. The van der Waals surface area contributed by atoms with Crippen molar-refractivity contribution < 1.29 is 19.1 Å². The van der Waals surface area contributed by atoms with Crippen molar-refractivity contribution in [1.29, 1.82) is 0 Å². The molecular formula is C24H24N4O4S. The third kappa shape index (κ3) is 4.45. The first-order chi connectivity index (χ1) is 15.9. The zero-order valence-electron chi connectivity index (χ0n) is 18.8. The number of anilines is 1. The van der Waals surface area contributed by atoms with E-state index in [1.165, 1.54) is 17.5 Å². The summed E-state index contributed by atoms with van der Waals surface area (Å²) in [4.78, 5) is 30.2. The number of rotatable bonds is 7. The van der Waals surface area contributed by atoms with Crippen LogP contribution in [0.1, 0.15) is 47.5 Å². The molecule has 0 fully saturated rings. The van der Waals surface area contributed by atoms with E-state index in [4.69, 9.17) is 9.47 Å². The molecule has 0 saturated heterocycles. The normalized spacial score (nSPS) is 11.1. The van der Waals surface area contributed by atoms with E-state index < -0.39 is 5.97 Å². The van der Waals surface area contributed by atoms with Crippen molar-refractivity contribution in [3.8, 4) is 16.9 Å². The van der Waals surface area contributed by atoms with E-state index >= 15 is 0 Å². The number of benzene rings is 1. The molecule has 0 unspecified atom stereocenters. The van der Waals surface area contributed by atoms with Gasteiger partial charge in [-0.3, -0.25) is 4.79 Å². The van der Waals surface area contributed by atoms with Crippen LogP contribution in [0.25, 0.3) is 22.2 Å². The van der Waals surface area contributed by atoms with Crippen LogP contribution in [0.4, 0.5) is 5.00 Å². The van der Waals surface area contributed by atoms with Crippen LogP contribution in [-0.2, 0) is 4.74 Å². The van der Waals surface area contributed by atoms with Crippen molar-refractivity contribution >= 4 is 39.2 Å². The van der Waals surface area contributed by atoms with Crippen molar-refractivity contribution in [1.82, 2.24) is 14.8 Å². The van der Waals surface area contributed by atoms with Crippen molar-refractivity contribution in [3.63, 3.8) is 0 Å². The lowest BCUT2D eigenvalue weighted by molar-refractivity contribution is 0.0529. The van der Waals surface area contributed by atoms with Crippen molar-refractivity contribution in [2.24, 2.45) is 0 Å². The highest BCUT2D eigenvalue weighted by molar-refractivity contribution is 7.15. The lowest BCUT2D eigenvalue weighted by atomic mass is 10.0.